The number of carbonyl (C=O) groups excluding carboxylic acids is 1. The summed E-state index contributed by atoms with van der Waals surface area (Å²) in [7, 11) is 0. The zero-order valence-corrected chi connectivity index (χ0v) is 19.8. The van der Waals surface area contributed by atoms with Crippen molar-refractivity contribution in [3.63, 3.8) is 0 Å². The van der Waals surface area contributed by atoms with Gasteiger partial charge in [0, 0.05) is 15.7 Å². The van der Waals surface area contributed by atoms with Gasteiger partial charge < -0.3 is 14.6 Å². The van der Waals surface area contributed by atoms with E-state index < -0.39 is 11.5 Å². The standard InChI is InChI=1S/C22H20BrCl2N3O2/c1-4-30-20(29)18-19-17(26-14-7-5-6-12(24)10-14)15-9-8-13(25)11-16(15)22(2,3)28(19)21(23)27-18/h5-11,17,26H,4H2,1-3H3. The monoisotopic (exact) mass is 507 g/mol. The number of ether oxygens (including phenoxy) is 1. The maximum Gasteiger partial charge on any atom is 0.358 e. The Morgan fingerprint density at radius 3 is 2.67 bits per heavy atom. The van der Waals surface area contributed by atoms with Crippen molar-refractivity contribution in [1.29, 1.82) is 0 Å². The average Bonchev–Trinajstić information content (AvgIpc) is 3.04. The summed E-state index contributed by atoms with van der Waals surface area (Å²) in [5.41, 5.74) is 3.37. The van der Waals surface area contributed by atoms with Crippen LogP contribution in [0, 0.1) is 0 Å². The number of anilines is 1. The number of imidazole rings is 1. The van der Waals surface area contributed by atoms with E-state index in [1.807, 2.05) is 47.0 Å². The number of hydrogen-bond acceptors (Lipinski definition) is 4. The van der Waals surface area contributed by atoms with Gasteiger partial charge in [-0.15, -0.1) is 0 Å². The van der Waals surface area contributed by atoms with Gasteiger partial charge in [0.1, 0.15) is 0 Å². The molecule has 2 heterocycles. The van der Waals surface area contributed by atoms with E-state index in [9.17, 15) is 4.79 Å². The van der Waals surface area contributed by atoms with Gasteiger partial charge in [0.2, 0.25) is 0 Å². The predicted octanol–water partition coefficient (Wildman–Crippen LogP) is 6.43. The van der Waals surface area contributed by atoms with Crippen LogP contribution in [0.3, 0.4) is 0 Å². The molecule has 0 amide bonds. The lowest BCUT2D eigenvalue weighted by atomic mass is 9.81. The van der Waals surface area contributed by atoms with Crippen LogP contribution in [0.25, 0.3) is 0 Å². The molecule has 0 radical (unpaired) electrons. The first-order valence-corrected chi connectivity index (χ1v) is 11.1. The molecule has 1 aliphatic rings. The summed E-state index contributed by atoms with van der Waals surface area (Å²) in [4.78, 5) is 17.3. The van der Waals surface area contributed by atoms with Gasteiger partial charge in [-0.1, -0.05) is 35.3 Å². The molecule has 1 unspecified atom stereocenters. The topological polar surface area (TPSA) is 56.1 Å². The molecule has 4 rings (SSSR count). The molecule has 0 saturated heterocycles. The van der Waals surface area contributed by atoms with Crippen molar-refractivity contribution in [2.24, 2.45) is 0 Å². The third kappa shape index (κ3) is 3.51. The van der Waals surface area contributed by atoms with Crippen molar-refractivity contribution in [2.45, 2.75) is 32.4 Å². The van der Waals surface area contributed by atoms with Gasteiger partial charge in [-0.3, -0.25) is 0 Å². The highest BCUT2D eigenvalue weighted by atomic mass is 79.9. The molecule has 30 heavy (non-hydrogen) atoms. The van der Waals surface area contributed by atoms with Gasteiger partial charge in [0.05, 0.1) is 23.9 Å². The number of hydrogen-bond donors (Lipinski definition) is 1. The van der Waals surface area contributed by atoms with Gasteiger partial charge in [0.15, 0.2) is 10.4 Å². The van der Waals surface area contributed by atoms with Crippen molar-refractivity contribution >= 4 is 50.8 Å². The van der Waals surface area contributed by atoms with Crippen LogP contribution in [0.5, 0.6) is 0 Å². The Hall–Kier alpha value is -2.02. The van der Waals surface area contributed by atoms with E-state index in [0.29, 0.717) is 14.8 Å². The number of halogens is 3. The van der Waals surface area contributed by atoms with E-state index in [-0.39, 0.29) is 18.3 Å². The highest BCUT2D eigenvalue weighted by Crippen LogP contribution is 2.46. The summed E-state index contributed by atoms with van der Waals surface area (Å²) in [6.07, 6.45) is 0. The molecule has 0 bridgehead atoms. The average molecular weight is 509 g/mol. The van der Waals surface area contributed by atoms with E-state index in [1.165, 1.54) is 0 Å². The fourth-order valence-corrected chi connectivity index (χ4v) is 5.19. The van der Waals surface area contributed by atoms with Crippen LogP contribution < -0.4 is 5.32 Å². The minimum atomic E-state index is -0.501. The molecule has 0 fully saturated rings. The molecule has 1 atom stereocenters. The van der Waals surface area contributed by atoms with Crippen molar-refractivity contribution in [2.75, 3.05) is 11.9 Å². The summed E-state index contributed by atoms with van der Waals surface area (Å²) in [6.45, 7) is 6.19. The summed E-state index contributed by atoms with van der Waals surface area (Å²) in [5.74, 6) is -0.460. The maximum absolute atomic E-state index is 12.8. The highest BCUT2D eigenvalue weighted by Gasteiger charge is 2.42. The zero-order valence-electron chi connectivity index (χ0n) is 16.7. The van der Waals surface area contributed by atoms with Crippen molar-refractivity contribution in [1.82, 2.24) is 9.55 Å². The molecule has 1 aliphatic heterocycles. The van der Waals surface area contributed by atoms with Gasteiger partial charge in [-0.05, 0) is 78.2 Å². The molecular formula is C22H20BrCl2N3O2. The predicted molar refractivity (Wildman–Crippen MR) is 123 cm³/mol. The molecule has 156 valence electrons. The Morgan fingerprint density at radius 1 is 1.23 bits per heavy atom. The molecule has 5 nitrogen and oxygen atoms in total. The Bertz CT molecular complexity index is 1140. The minimum absolute atomic E-state index is 0.269. The maximum atomic E-state index is 12.8. The third-order valence-corrected chi connectivity index (χ3v) is 6.30. The fourth-order valence-electron chi connectivity index (χ4n) is 4.02. The van der Waals surface area contributed by atoms with E-state index in [4.69, 9.17) is 27.9 Å². The normalized spacial score (nSPS) is 16.5. The summed E-state index contributed by atoms with van der Waals surface area (Å²) in [5, 5.41) is 4.79. The molecule has 3 aromatic rings. The van der Waals surface area contributed by atoms with Crippen molar-refractivity contribution in [3.05, 3.63) is 79.8 Å². The summed E-state index contributed by atoms with van der Waals surface area (Å²) < 4.78 is 7.86. The van der Waals surface area contributed by atoms with Gasteiger partial charge in [-0.25, -0.2) is 9.78 Å². The third-order valence-electron chi connectivity index (χ3n) is 5.29. The molecular weight excluding hydrogens is 489 g/mol. The van der Waals surface area contributed by atoms with Crippen LogP contribution in [0.1, 0.15) is 54.1 Å². The van der Waals surface area contributed by atoms with Crippen LogP contribution in [-0.2, 0) is 10.3 Å². The fraction of sp³-hybridized carbons (Fsp3) is 0.273. The van der Waals surface area contributed by atoms with Gasteiger partial charge in [-0.2, -0.15) is 0 Å². The number of fused-ring (bicyclic) bond motifs is 2. The summed E-state index contributed by atoms with van der Waals surface area (Å²) in [6, 6.07) is 12.9. The van der Waals surface area contributed by atoms with Gasteiger partial charge in [0.25, 0.3) is 0 Å². The molecule has 2 aromatic carbocycles. The Morgan fingerprint density at radius 2 is 1.97 bits per heavy atom. The van der Waals surface area contributed by atoms with Crippen molar-refractivity contribution < 1.29 is 9.53 Å². The second-order valence-corrected chi connectivity index (χ2v) is 9.13. The number of nitrogens with one attached hydrogen (secondary N) is 1. The number of nitrogens with zero attached hydrogens (tertiary/aromatic N) is 2. The highest BCUT2D eigenvalue weighted by molar-refractivity contribution is 9.10. The molecule has 1 N–H and O–H groups in total. The Balaban J connectivity index is 1.97. The lowest BCUT2D eigenvalue weighted by Crippen LogP contribution is -2.38. The first-order chi connectivity index (χ1) is 14.2. The number of rotatable bonds is 4. The first-order valence-electron chi connectivity index (χ1n) is 9.51. The second kappa shape index (κ2) is 7.91. The Labute approximate surface area is 193 Å². The molecule has 0 spiro atoms. The van der Waals surface area contributed by atoms with Crippen LogP contribution in [0.15, 0.2) is 47.2 Å². The number of aromatic nitrogens is 2. The lowest BCUT2D eigenvalue weighted by Gasteiger charge is -2.40. The molecule has 8 heteroatoms. The van der Waals surface area contributed by atoms with Crippen LogP contribution in [0.4, 0.5) is 5.69 Å². The molecule has 0 saturated carbocycles. The zero-order chi connectivity index (χ0) is 21.6. The largest absolute Gasteiger partial charge is 0.461 e. The minimum Gasteiger partial charge on any atom is -0.461 e. The van der Waals surface area contributed by atoms with Crippen LogP contribution in [-0.4, -0.2) is 22.1 Å². The quantitative estimate of drug-likeness (QED) is 0.412. The SMILES string of the molecule is CCOC(=O)c1nc(Br)n2c1C(Nc1cccc(Cl)c1)c1ccc(Cl)cc1C2(C)C. The van der Waals surface area contributed by atoms with E-state index in [1.54, 1.807) is 6.92 Å². The van der Waals surface area contributed by atoms with E-state index in [2.05, 4.69) is 40.1 Å². The number of esters is 1. The van der Waals surface area contributed by atoms with E-state index in [0.717, 1.165) is 22.5 Å². The van der Waals surface area contributed by atoms with E-state index >= 15 is 0 Å². The van der Waals surface area contributed by atoms with Crippen LogP contribution >= 0.6 is 39.1 Å². The van der Waals surface area contributed by atoms with Crippen molar-refractivity contribution in [3.8, 4) is 0 Å². The molecule has 1 aromatic heterocycles. The Kier molecular flexibility index (Phi) is 5.60. The number of benzene rings is 2. The second-order valence-electron chi connectivity index (χ2n) is 7.55. The molecule has 0 aliphatic carbocycles. The van der Waals surface area contributed by atoms with Crippen LogP contribution in [0.2, 0.25) is 10.0 Å². The first kappa shape index (κ1) is 21.2. The summed E-state index contributed by atoms with van der Waals surface area (Å²) >= 11 is 16.1. The number of carbonyl (C=O) groups is 1. The van der Waals surface area contributed by atoms with Gasteiger partial charge >= 0.3 is 5.97 Å². The lowest BCUT2D eigenvalue weighted by molar-refractivity contribution is 0.0518. The smallest absolute Gasteiger partial charge is 0.358 e.